The fourth-order valence-electron chi connectivity index (χ4n) is 0.986. The Morgan fingerprint density at radius 3 is 2.83 bits per heavy atom. The average Bonchev–Trinajstić information content (AvgIpc) is 2.05. The van der Waals surface area contributed by atoms with E-state index in [0.29, 0.717) is 12.2 Å². The Morgan fingerprint density at radius 2 is 2.25 bits per heavy atom. The maximum atomic E-state index is 11.2. The van der Waals surface area contributed by atoms with Crippen molar-refractivity contribution in [1.29, 1.82) is 0 Å². The number of carbonyl (C=O) groups excluding carboxylic acids is 1. The zero-order valence-corrected chi connectivity index (χ0v) is 7.33. The van der Waals surface area contributed by atoms with Gasteiger partial charge < -0.3 is 4.74 Å². The highest BCUT2D eigenvalue weighted by Crippen LogP contribution is 2.05. The Hall–Kier alpha value is -1.31. The van der Waals surface area contributed by atoms with Gasteiger partial charge in [0.05, 0.1) is 12.2 Å². The molecule has 2 nitrogen and oxygen atoms in total. The molecule has 12 heavy (non-hydrogen) atoms. The van der Waals surface area contributed by atoms with Crippen LogP contribution in [-0.4, -0.2) is 12.6 Å². The minimum Gasteiger partial charge on any atom is -0.462 e. The van der Waals surface area contributed by atoms with Gasteiger partial charge in [0, 0.05) is 0 Å². The molecule has 0 fully saturated rings. The third kappa shape index (κ3) is 2.09. The van der Waals surface area contributed by atoms with Gasteiger partial charge >= 0.3 is 5.97 Å². The van der Waals surface area contributed by atoms with Crippen molar-refractivity contribution in [2.45, 2.75) is 13.8 Å². The van der Waals surface area contributed by atoms with Crippen molar-refractivity contribution in [3.05, 3.63) is 35.4 Å². The fraction of sp³-hybridized carbons (Fsp3) is 0.300. The number of benzene rings is 1. The number of hydrogen-bond donors (Lipinski definition) is 0. The van der Waals surface area contributed by atoms with Crippen LogP contribution >= 0.6 is 0 Å². The highest BCUT2D eigenvalue weighted by atomic mass is 16.5. The Kier molecular flexibility index (Phi) is 2.86. The van der Waals surface area contributed by atoms with Crippen LogP contribution in [0.1, 0.15) is 22.8 Å². The second-order valence-corrected chi connectivity index (χ2v) is 2.59. The van der Waals surface area contributed by atoms with Crippen molar-refractivity contribution < 1.29 is 9.53 Å². The molecule has 1 aromatic rings. The van der Waals surface area contributed by atoms with E-state index in [9.17, 15) is 4.79 Å². The van der Waals surface area contributed by atoms with Gasteiger partial charge in [0.2, 0.25) is 0 Å². The number of hydrogen-bond acceptors (Lipinski definition) is 2. The third-order valence-electron chi connectivity index (χ3n) is 1.53. The molecule has 0 unspecified atom stereocenters. The summed E-state index contributed by atoms with van der Waals surface area (Å²) in [6.07, 6.45) is 0. The first-order valence-corrected chi connectivity index (χ1v) is 3.98. The lowest BCUT2D eigenvalue weighted by molar-refractivity contribution is 0.0526. The van der Waals surface area contributed by atoms with Crippen LogP contribution < -0.4 is 0 Å². The van der Waals surface area contributed by atoms with Gasteiger partial charge in [-0.3, -0.25) is 0 Å². The molecule has 0 aromatic heterocycles. The molecular formula is C10H12O2. The van der Waals surface area contributed by atoms with E-state index in [1.54, 1.807) is 13.0 Å². The van der Waals surface area contributed by atoms with Crippen molar-refractivity contribution in [3.63, 3.8) is 0 Å². The molecule has 0 saturated carbocycles. The van der Waals surface area contributed by atoms with E-state index < -0.39 is 0 Å². The fourth-order valence-corrected chi connectivity index (χ4v) is 0.986. The van der Waals surface area contributed by atoms with Gasteiger partial charge in [-0.1, -0.05) is 17.7 Å². The second-order valence-electron chi connectivity index (χ2n) is 2.59. The molecule has 0 bridgehead atoms. The number of carbonyl (C=O) groups is 1. The quantitative estimate of drug-likeness (QED) is 0.626. The van der Waals surface area contributed by atoms with Crippen molar-refractivity contribution in [3.8, 4) is 0 Å². The summed E-state index contributed by atoms with van der Waals surface area (Å²) in [6.45, 7) is 4.17. The molecule has 0 radical (unpaired) electrons. The van der Waals surface area contributed by atoms with Gasteiger partial charge in [0.25, 0.3) is 0 Å². The maximum Gasteiger partial charge on any atom is 0.338 e. The van der Waals surface area contributed by atoms with Crippen molar-refractivity contribution in [2.24, 2.45) is 0 Å². The first kappa shape index (κ1) is 8.78. The molecule has 0 spiro atoms. The Morgan fingerprint density at radius 1 is 1.50 bits per heavy atom. The summed E-state index contributed by atoms with van der Waals surface area (Å²) in [5, 5.41) is 0. The molecule has 0 heterocycles. The van der Waals surface area contributed by atoms with Gasteiger partial charge in [-0.2, -0.15) is 0 Å². The second kappa shape index (κ2) is 3.90. The summed E-state index contributed by atoms with van der Waals surface area (Å²) >= 11 is 0. The molecule has 0 saturated heterocycles. The van der Waals surface area contributed by atoms with Crippen LogP contribution in [-0.2, 0) is 4.74 Å². The first-order chi connectivity index (χ1) is 5.74. The lowest BCUT2D eigenvalue weighted by Crippen LogP contribution is -2.04. The third-order valence-corrected chi connectivity index (χ3v) is 1.53. The molecule has 0 N–H and O–H groups in total. The molecule has 0 aliphatic carbocycles. The molecular weight excluding hydrogens is 152 g/mol. The van der Waals surface area contributed by atoms with Gasteiger partial charge in [0.1, 0.15) is 0 Å². The lowest BCUT2D eigenvalue weighted by atomic mass is 10.1. The molecule has 0 amide bonds. The Bertz CT molecular complexity index is 279. The number of ether oxygens (including phenoxy) is 1. The van der Waals surface area contributed by atoms with Gasteiger partial charge in [-0.05, 0) is 26.0 Å². The Labute approximate surface area is 72.2 Å². The standard InChI is InChI=1S/C10H12O2/c1-3-12-10(11)9-6-4-5-8(2)7-9/h4-7H,3H2,1-2H3. The van der Waals surface area contributed by atoms with Crippen LogP contribution in [0.5, 0.6) is 0 Å². The molecule has 0 aliphatic rings. The molecule has 0 aliphatic heterocycles. The van der Waals surface area contributed by atoms with Crippen LogP contribution in [0, 0.1) is 6.92 Å². The van der Waals surface area contributed by atoms with E-state index in [1.165, 1.54) is 0 Å². The van der Waals surface area contributed by atoms with Crippen LogP contribution in [0.15, 0.2) is 24.3 Å². The summed E-state index contributed by atoms with van der Waals surface area (Å²) in [5.41, 5.74) is 1.69. The molecule has 1 aromatic carbocycles. The van der Waals surface area contributed by atoms with Crippen LogP contribution in [0.25, 0.3) is 0 Å². The van der Waals surface area contributed by atoms with Crippen molar-refractivity contribution >= 4 is 5.97 Å². The molecule has 2 heteroatoms. The predicted molar refractivity (Wildman–Crippen MR) is 47.1 cm³/mol. The molecule has 1 rings (SSSR count). The van der Waals surface area contributed by atoms with Gasteiger partial charge in [-0.15, -0.1) is 0 Å². The summed E-state index contributed by atoms with van der Waals surface area (Å²) in [5.74, 6) is -0.249. The van der Waals surface area contributed by atoms with Gasteiger partial charge in [-0.25, -0.2) is 4.79 Å². The van der Waals surface area contributed by atoms with E-state index in [2.05, 4.69) is 0 Å². The summed E-state index contributed by atoms with van der Waals surface area (Å²) in [7, 11) is 0. The molecule has 0 atom stereocenters. The summed E-state index contributed by atoms with van der Waals surface area (Å²) in [6, 6.07) is 7.37. The SMILES string of the molecule is CCOC(=O)c1cccc(C)c1. The topological polar surface area (TPSA) is 26.3 Å². The average molecular weight is 164 g/mol. The minimum absolute atomic E-state index is 0.249. The Balaban J connectivity index is 2.81. The van der Waals surface area contributed by atoms with E-state index in [1.807, 2.05) is 25.1 Å². The monoisotopic (exact) mass is 164 g/mol. The lowest BCUT2D eigenvalue weighted by Gasteiger charge is -2.01. The van der Waals surface area contributed by atoms with E-state index >= 15 is 0 Å². The van der Waals surface area contributed by atoms with Crippen LogP contribution in [0.4, 0.5) is 0 Å². The van der Waals surface area contributed by atoms with E-state index in [4.69, 9.17) is 4.74 Å². The number of rotatable bonds is 2. The maximum absolute atomic E-state index is 11.2. The largest absolute Gasteiger partial charge is 0.462 e. The first-order valence-electron chi connectivity index (χ1n) is 3.98. The van der Waals surface area contributed by atoms with Crippen LogP contribution in [0.3, 0.4) is 0 Å². The van der Waals surface area contributed by atoms with Crippen LogP contribution in [0.2, 0.25) is 0 Å². The van der Waals surface area contributed by atoms with Crippen molar-refractivity contribution in [1.82, 2.24) is 0 Å². The smallest absolute Gasteiger partial charge is 0.338 e. The molecule has 64 valence electrons. The van der Waals surface area contributed by atoms with E-state index in [0.717, 1.165) is 5.56 Å². The summed E-state index contributed by atoms with van der Waals surface area (Å²) in [4.78, 5) is 11.2. The van der Waals surface area contributed by atoms with Gasteiger partial charge in [0.15, 0.2) is 0 Å². The predicted octanol–water partition coefficient (Wildman–Crippen LogP) is 2.17. The highest BCUT2D eigenvalue weighted by molar-refractivity contribution is 5.89. The highest BCUT2D eigenvalue weighted by Gasteiger charge is 2.04. The zero-order chi connectivity index (χ0) is 8.97. The summed E-state index contributed by atoms with van der Waals surface area (Å²) < 4.78 is 4.84. The van der Waals surface area contributed by atoms with Crippen molar-refractivity contribution in [2.75, 3.05) is 6.61 Å². The normalized spacial score (nSPS) is 9.50. The minimum atomic E-state index is -0.249. The number of esters is 1. The van der Waals surface area contributed by atoms with E-state index in [-0.39, 0.29) is 5.97 Å². The number of aryl methyl sites for hydroxylation is 1. The zero-order valence-electron chi connectivity index (χ0n) is 7.33.